The first-order chi connectivity index (χ1) is 6.13. The van der Waals surface area contributed by atoms with Crippen LogP contribution < -0.4 is 10.6 Å². The predicted molar refractivity (Wildman–Crippen MR) is 49.4 cm³/mol. The van der Waals surface area contributed by atoms with Gasteiger partial charge in [0.2, 0.25) is 0 Å². The van der Waals surface area contributed by atoms with E-state index in [0.717, 1.165) is 12.8 Å². The van der Waals surface area contributed by atoms with Crippen molar-refractivity contribution >= 4 is 11.8 Å². The molecular weight excluding hydrogens is 168 g/mol. The number of nitrogens with one attached hydrogen (secondary N) is 2. The summed E-state index contributed by atoms with van der Waals surface area (Å²) in [7, 11) is 0. The zero-order valence-electron chi connectivity index (χ0n) is 8.09. The average Bonchev–Trinajstić information content (AvgIpc) is 2.86. The largest absolute Gasteiger partial charge is 0.335 e. The van der Waals surface area contributed by atoms with Gasteiger partial charge in [-0.3, -0.25) is 4.79 Å². The Hall–Kier alpha value is -1.06. The summed E-state index contributed by atoms with van der Waals surface area (Å²) >= 11 is 0. The van der Waals surface area contributed by atoms with Gasteiger partial charge in [-0.1, -0.05) is 6.92 Å². The lowest BCUT2D eigenvalue weighted by Crippen LogP contribution is -2.44. The summed E-state index contributed by atoms with van der Waals surface area (Å²) < 4.78 is 0. The quantitative estimate of drug-likeness (QED) is 0.679. The molecule has 1 aliphatic carbocycles. The van der Waals surface area contributed by atoms with Crippen molar-refractivity contribution in [2.75, 3.05) is 0 Å². The van der Waals surface area contributed by atoms with Crippen molar-refractivity contribution in [1.82, 2.24) is 10.6 Å². The lowest BCUT2D eigenvalue weighted by Gasteiger charge is -2.12. The smallest absolute Gasteiger partial charge is 0.315 e. The second kappa shape index (κ2) is 4.25. The zero-order chi connectivity index (χ0) is 9.84. The molecule has 4 heteroatoms. The van der Waals surface area contributed by atoms with Crippen molar-refractivity contribution in [3.8, 4) is 0 Å². The van der Waals surface area contributed by atoms with Gasteiger partial charge in [-0.2, -0.15) is 0 Å². The standard InChI is InChI=1S/C9H16N2O2/c1-3-8(12)6(2)10-9(13)11-7-4-5-7/h6-7H,3-5H2,1-2H3,(H2,10,11,13). The normalized spacial score (nSPS) is 17.7. The Kier molecular flexibility index (Phi) is 3.28. The fourth-order valence-electron chi connectivity index (χ4n) is 1.04. The van der Waals surface area contributed by atoms with Gasteiger partial charge in [0.05, 0.1) is 6.04 Å². The Morgan fingerprint density at radius 2 is 2.08 bits per heavy atom. The van der Waals surface area contributed by atoms with E-state index in [1.807, 2.05) is 0 Å². The van der Waals surface area contributed by atoms with Crippen LogP contribution in [0.2, 0.25) is 0 Å². The van der Waals surface area contributed by atoms with Crippen LogP contribution >= 0.6 is 0 Å². The number of urea groups is 1. The fraction of sp³-hybridized carbons (Fsp3) is 0.778. The predicted octanol–water partition coefficient (Wildman–Crippen LogP) is 0.816. The van der Waals surface area contributed by atoms with Crippen LogP contribution in [0.1, 0.15) is 33.1 Å². The van der Waals surface area contributed by atoms with E-state index in [-0.39, 0.29) is 17.9 Å². The summed E-state index contributed by atoms with van der Waals surface area (Å²) in [4.78, 5) is 22.3. The van der Waals surface area contributed by atoms with E-state index in [0.29, 0.717) is 12.5 Å². The van der Waals surface area contributed by atoms with E-state index in [1.165, 1.54) is 0 Å². The molecule has 0 radical (unpaired) electrons. The van der Waals surface area contributed by atoms with Crippen molar-refractivity contribution in [3.63, 3.8) is 0 Å². The molecule has 0 spiro atoms. The average molecular weight is 184 g/mol. The molecule has 2 amide bonds. The van der Waals surface area contributed by atoms with Gasteiger partial charge >= 0.3 is 6.03 Å². The molecule has 2 N–H and O–H groups in total. The molecule has 0 aromatic heterocycles. The second-order valence-corrected chi connectivity index (χ2v) is 3.43. The van der Waals surface area contributed by atoms with Crippen molar-refractivity contribution in [3.05, 3.63) is 0 Å². The summed E-state index contributed by atoms with van der Waals surface area (Å²) in [5.74, 6) is 0.0611. The molecule has 0 aromatic carbocycles. The van der Waals surface area contributed by atoms with Crippen LogP contribution in [0.5, 0.6) is 0 Å². The van der Waals surface area contributed by atoms with E-state index in [4.69, 9.17) is 0 Å². The first-order valence-corrected chi connectivity index (χ1v) is 4.73. The first-order valence-electron chi connectivity index (χ1n) is 4.73. The number of ketones is 1. The molecular formula is C9H16N2O2. The van der Waals surface area contributed by atoms with Crippen molar-refractivity contribution in [1.29, 1.82) is 0 Å². The van der Waals surface area contributed by atoms with Crippen LogP contribution in [-0.2, 0) is 4.79 Å². The number of carbonyl (C=O) groups excluding carboxylic acids is 2. The van der Waals surface area contributed by atoms with Gasteiger partial charge in [0.25, 0.3) is 0 Å². The Morgan fingerprint density at radius 3 is 2.54 bits per heavy atom. The van der Waals surface area contributed by atoms with Gasteiger partial charge < -0.3 is 10.6 Å². The molecule has 0 heterocycles. The first kappa shape index (κ1) is 10.0. The molecule has 0 aromatic rings. The third kappa shape index (κ3) is 3.44. The lowest BCUT2D eigenvalue weighted by molar-refractivity contribution is -0.120. The summed E-state index contributed by atoms with van der Waals surface area (Å²) in [6.07, 6.45) is 2.58. The van der Waals surface area contributed by atoms with Crippen LogP contribution in [0.15, 0.2) is 0 Å². The molecule has 74 valence electrons. The number of carbonyl (C=O) groups is 2. The summed E-state index contributed by atoms with van der Waals surface area (Å²) in [5, 5.41) is 5.36. The number of rotatable bonds is 4. The van der Waals surface area contributed by atoms with Crippen molar-refractivity contribution in [2.24, 2.45) is 0 Å². The molecule has 1 unspecified atom stereocenters. The third-order valence-corrected chi connectivity index (χ3v) is 2.09. The molecule has 1 saturated carbocycles. The topological polar surface area (TPSA) is 58.2 Å². The van der Waals surface area contributed by atoms with Crippen LogP contribution in [-0.4, -0.2) is 23.9 Å². The fourth-order valence-corrected chi connectivity index (χ4v) is 1.04. The highest BCUT2D eigenvalue weighted by molar-refractivity contribution is 5.88. The minimum atomic E-state index is -0.372. The number of hydrogen-bond donors (Lipinski definition) is 2. The Labute approximate surface area is 78.1 Å². The second-order valence-electron chi connectivity index (χ2n) is 3.43. The van der Waals surface area contributed by atoms with Crippen LogP contribution in [0.25, 0.3) is 0 Å². The van der Waals surface area contributed by atoms with Gasteiger partial charge in [0.15, 0.2) is 5.78 Å². The minimum absolute atomic E-state index is 0.0611. The van der Waals surface area contributed by atoms with E-state index >= 15 is 0 Å². The maximum Gasteiger partial charge on any atom is 0.315 e. The van der Waals surface area contributed by atoms with Gasteiger partial charge in [0, 0.05) is 12.5 Å². The third-order valence-electron chi connectivity index (χ3n) is 2.09. The van der Waals surface area contributed by atoms with E-state index in [2.05, 4.69) is 10.6 Å². The highest BCUT2D eigenvalue weighted by Crippen LogP contribution is 2.18. The minimum Gasteiger partial charge on any atom is -0.335 e. The molecule has 0 aliphatic heterocycles. The van der Waals surface area contributed by atoms with Crippen LogP contribution in [0, 0.1) is 0 Å². The zero-order valence-corrected chi connectivity index (χ0v) is 8.09. The molecule has 0 saturated heterocycles. The molecule has 1 rings (SSSR count). The summed E-state index contributed by atoms with van der Waals surface area (Å²) in [6, 6.07) is -0.260. The molecule has 1 atom stereocenters. The number of Topliss-reactive ketones (excluding diaryl/α,β-unsaturated/α-hetero) is 1. The molecule has 1 fully saturated rings. The molecule has 1 aliphatic rings. The van der Waals surface area contributed by atoms with Gasteiger partial charge in [-0.15, -0.1) is 0 Å². The monoisotopic (exact) mass is 184 g/mol. The van der Waals surface area contributed by atoms with E-state index in [9.17, 15) is 9.59 Å². The van der Waals surface area contributed by atoms with Gasteiger partial charge in [0.1, 0.15) is 0 Å². The molecule has 0 bridgehead atoms. The van der Waals surface area contributed by atoms with Crippen LogP contribution in [0.4, 0.5) is 4.79 Å². The maximum absolute atomic E-state index is 11.1. The Bertz CT molecular complexity index is 212. The highest BCUT2D eigenvalue weighted by Gasteiger charge is 2.24. The maximum atomic E-state index is 11.1. The van der Waals surface area contributed by atoms with E-state index in [1.54, 1.807) is 13.8 Å². The lowest BCUT2D eigenvalue weighted by atomic mass is 10.2. The van der Waals surface area contributed by atoms with Gasteiger partial charge in [-0.05, 0) is 19.8 Å². The molecule has 4 nitrogen and oxygen atoms in total. The van der Waals surface area contributed by atoms with Crippen molar-refractivity contribution in [2.45, 2.75) is 45.2 Å². The van der Waals surface area contributed by atoms with Crippen molar-refractivity contribution < 1.29 is 9.59 Å². The Balaban J connectivity index is 2.21. The summed E-state index contributed by atoms with van der Waals surface area (Å²) in [5.41, 5.74) is 0. The number of amides is 2. The molecule has 13 heavy (non-hydrogen) atoms. The van der Waals surface area contributed by atoms with Gasteiger partial charge in [-0.25, -0.2) is 4.79 Å². The Morgan fingerprint density at radius 1 is 1.46 bits per heavy atom. The van der Waals surface area contributed by atoms with Crippen LogP contribution in [0.3, 0.4) is 0 Å². The SMILES string of the molecule is CCC(=O)C(C)NC(=O)NC1CC1. The highest BCUT2D eigenvalue weighted by atomic mass is 16.2. The van der Waals surface area contributed by atoms with E-state index < -0.39 is 0 Å². The summed E-state index contributed by atoms with van der Waals surface area (Å²) in [6.45, 7) is 3.50. The number of hydrogen-bond acceptors (Lipinski definition) is 2.